The van der Waals surface area contributed by atoms with Crippen LogP contribution >= 0.6 is 0 Å². The van der Waals surface area contributed by atoms with E-state index in [-0.39, 0.29) is 18.8 Å². The van der Waals surface area contributed by atoms with Gasteiger partial charge in [0.2, 0.25) is 0 Å². The smallest absolute Gasteiger partial charge is 0.105 e. The fraction of sp³-hybridized carbons (Fsp3) is 1.00. The van der Waals surface area contributed by atoms with Crippen LogP contribution in [0.5, 0.6) is 0 Å². The van der Waals surface area contributed by atoms with Crippen LogP contribution in [-0.2, 0) is 0 Å². The van der Waals surface area contributed by atoms with Crippen LogP contribution in [0, 0.1) is 5.92 Å². The largest absolute Gasteiger partial charge is 0.396 e. The maximum absolute atomic E-state index is 8.81. The molecule has 0 amide bonds. The van der Waals surface area contributed by atoms with Gasteiger partial charge in [0.15, 0.2) is 0 Å². The molecule has 0 saturated carbocycles. The van der Waals surface area contributed by atoms with Gasteiger partial charge in [-0.2, -0.15) is 0 Å². The van der Waals surface area contributed by atoms with Crippen molar-refractivity contribution in [3.05, 3.63) is 0 Å². The lowest BCUT2D eigenvalue weighted by molar-refractivity contribution is 0.148. The molecule has 2 atom stereocenters. The first-order valence-electron chi connectivity index (χ1n) is 2.85. The minimum absolute atomic E-state index is 0.185. The zero-order chi connectivity index (χ0) is 5.98. The first kappa shape index (κ1) is 6.01. The minimum Gasteiger partial charge on any atom is -0.396 e. The van der Waals surface area contributed by atoms with E-state index in [0.29, 0.717) is 6.42 Å². The molecule has 1 rings (SSSR count). The van der Waals surface area contributed by atoms with Crippen molar-refractivity contribution in [2.45, 2.75) is 12.6 Å². The molecule has 1 heterocycles. The van der Waals surface area contributed by atoms with Gasteiger partial charge in [-0.3, -0.25) is 5.32 Å². The minimum atomic E-state index is -0.382. The molecule has 0 aromatic rings. The normalized spacial score (nSPS) is 38.2. The van der Waals surface area contributed by atoms with Crippen LogP contribution < -0.4 is 5.32 Å². The van der Waals surface area contributed by atoms with Crippen LogP contribution in [0.3, 0.4) is 0 Å². The average molecular weight is 117 g/mol. The summed E-state index contributed by atoms with van der Waals surface area (Å²) in [4.78, 5) is 0. The molecule has 1 aliphatic heterocycles. The molecule has 0 radical (unpaired) electrons. The summed E-state index contributed by atoms with van der Waals surface area (Å²) in [5.74, 6) is 0.269. The van der Waals surface area contributed by atoms with Crippen molar-refractivity contribution < 1.29 is 10.2 Å². The highest BCUT2D eigenvalue weighted by atomic mass is 16.3. The molecule has 0 aliphatic carbocycles. The highest BCUT2D eigenvalue weighted by molar-refractivity contribution is 4.72. The number of aliphatic hydroxyl groups excluding tert-OH is 2. The predicted molar refractivity (Wildman–Crippen MR) is 29.2 cm³/mol. The monoisotopic (exact) mass is 117 g/mol. The van der Waals surface area contributed by atoms with Crippen molar-refractivity contribution in [2.24, 2.45) is 5.92 Å². The maximum Gasteiger partial charge on any atom is 0.105 e. The Morgan fingerprint density at radius 2 is 2.38 bits per heavy atom. The fourth-order valence-electron chi connectivity index (χ4n) is 0.924. The number of nitrogens with one attached hydrogen (secondary N) is 1. The van der Waals surface area contributed by atoms with Crippen molar-refractivity contribution >= 4 is 0 Å². The Morgan fingerprint density at radius 3 is 2.62 bits per heavy atom. The van der Waals surface area contributed by atoms with E-state index in [4.69, 9.17) is 10.2 Å². The molecule has 0 aromatic carbocycles. The van der Waals surface area contributed by atoms with Gasteiger partial charge in [0.25, 0.3) is 0 Å². The molecule has 8 heavy (non-hydrogen) atoms. The summed E-state index contributed by atoms with van der Waals surface area (Å²) in [5.41, 5.74) is 0. The van der Waals surface area contributed by atoms with Crippen LogP contribution in [0.4, 0.5) is 0 Å². The molecule has 0 spiro atoms. The van der Waals surface area contributed by atoms with Gasteiger partial charge >= 0.3 is 0 Å². The molecule has 3 N–H and O–H groups in total. The molecule has 2 unspecified atom stereocenters. The van der Waals surface area contributed by atoms with Gasteiger partial charge < -0.3 is 10.2 Å². The Balaban J connectivity index is 2.22. The predicted octanol–water partition coefficient (Wildman–Crippen LogP) is -1.09. The van der Waals surface area contributed by atoms with Crippen molar-refractivity contribution in [1.82, 2.24) is 5.32 Å². The number of aliphatic hydroxyl groups is 2. The summed E-state index contributed by atoms with van der Waals surface area (Å²) in [6.07, 6.45) is 0.309. The Morgan fingerprint density at radius 1 is 1.62 bits per heavy atom. The number of rotatable bonds is 1. The van der Waals surface area contributed by atoms with Gasteiger partial charge in [-0.25, -0.2) is 0 Å². The third kappa shape index (κ3) is 1.18. The Bertz CT molecular complexity index is 76.8. The Labute approximate surface area is 48.3 Å². The van der Waals surface area contributed by atoms with Gasteiger partial charge in [-0.05, 0) is 12.3 Å². The van der Waals surface area contributed by atoms with E-state index >= 15 is 0 Å². The second kappa shape index (κ2) is 2.44. The van der Waals surface area contributed by atoms with E-state index in [2.05, 4.69) is 5.32 Å². The number of hydrogen-bond donors (Lipinski definition) is 3. The fourth-order valence-corrected chi connectivity index (χ4v) is 0.924. The van der Waals surface area contributed by atoms with Crippen molar-refractivity contribution in [3.8, 4) is 0 Å². The van der Waals surface area contributed by atoms with Crippen LogP contribution in [0.2, 0.25) is 0 Å². The molecule has 48 valence electrons. The second-order valence-electron chi connectivity index (χ2n) is 2.21. The van der Waals surface area contributed by atoms with Crippen LogP contribution in [0.15, 0.2) is 0 Å². The van der Waals surface area contributed by atoms with E-state index in [1.165, 1.54) is 0 Å². The zero-order valence-corrected chi connectivity index (χ0v) is 4.67. The van der Waals surface area contributed by atoms with Crippen molar-refractivity contribution in [1.29, 1.82) is 0 Å². The molecule has 1 aliphatic rings. The van der Waals surface area contributed by atoms with Gasteiger partial charge in [0, 0.05) is 13.2 Å². The van der Waals surface area contributed by atoms with Crippen molar-refractivity contribution in [3.63, 3.8) is 0 Å². The molecular weight excluding hydrogens is 106 g/mol. The van der Waals surface area contributed by atoms with Gasteiger partial charge in [0.05, 0.1) is 0 Å². The van der Waals surface area contributed by atoms with Gasteiger partial charge in [0.1, 0.15) is 6.23 Å². The second-order valence-corrected chi connectivity index (χ2v) is 2.21. The molecule has 0 aromatic heterocycles. The highest BCUT2D eigenvalue weighted by Crippen LogP contribution is 2.09. The van der Waals surface area contributed by atoms with Crippen LogP contribution in [-0.4, -0.2) is 29.6 Å². The third-order valence-electron chi connectivity index (χ3n) is 1.46. The lowest BCUT2D eigenvalue weighted by Gasteiger charge is -1.99. The van der Waals surface area contributed by atoms with Crippen LogP contribution in [0.1, 0.15) is 6.42 Å². The van der Waals surface area contributed by atoms with E-state index in [0.717, 1.165) is 6.54 Å². The molecule has 3 heteroatoms. The zero-order valence-electron chi connectivity index (χ0n) is 4.67. The third-order valence-corrected chi connectivity index (χ3v) is 1.46. The standard InChI is InChI=1S/C5H11NO2/c7-3-4-1-5(8)6-2-4/h4-8H,1-3H2. The lowest BCUT2D eigenvalue weighted by Crippen LogP contribution is -2.19. The highest BCUT2D eigenvalue weighted by Gasteiger charge is 2.20. The Kier molecular flexibility index (Phi) is 1.83. The first-order valence-corrected chi connectivity index (χ1v) is 2.85. The van der Waals surface area contributed by atoms with Crippen LogP contribution in [0.25, 0.3) is 0 Å². The van der Waals surface area contributed by atoms with E-state index < -0.39 is 0 Å². The number of hydrogen-bond acceptors (Lipinski definition) is 3. The lowest BCUT2D eigenvalue weighted by atomic mass is 10.1. The topological polar surface area (TPSA) is 52.5 Å². The van der Waals surface area contributed by atoms with Gasteiger partial charge in [-0.15, -0.1) is 0 Å². The molecule has 1 fully saturated rings. The molecule has 1 saturated heterocycles. The van der Waals surface area contributed by atoms with Crippen molar-refractivity contribution in [2.75, 3.05) is 13.2 Å². The van der Waals surface area contributed by atoms with Gasteiger partial charge in [-0.1, -0.05) is 0 Å². The summed E-state index contributed by atoms with van der Waals surface area (Å²) in [7, 11) is 0. The summed E-state index contributed by atoms with van der Waals surface area (Å²) < 4.78 is 0. The Hall–Kier alpha value is -0.120. The van der Waals surface area contributed by atoms with E-state index in [1.807, 2.05) is 0 Å². The summed E-state index contributed by atoms with van der Waals surface area (Å²) in [5, 5.41) is 20.2. The summed E-state index contributed by atoms with van der Waals surface area (Å²) in [6, 6.07) is 0. The summed E-state index contributed by atoms with van der Waals surface area (Å²) in [6.45, 7) is 0.932. The van der Waals surface area contributed by atoms with E-state index in [1.54, 1.807) is 0 Å². The SMILES string of the molecule is OCC1CNC(O)C1. The molecule has 0 bridgehead atoms. The molecular formula is C5H11NO2. The quantitative estimate of drug-likeness (QED) is 0.409. The molecule has 3 nitrogen and oxygen atoms in total. The maximum atomic E-state index is 8.81. The first-order chi connectivity index (χ1) is 3.83. The van der Waals surface area contributed by atoms with E-state index in [9.17, 15) is 0 Å². The summed E-state index contributed by atoms with van der Waals surface area (Å²) >= 11 is 0. The average Bonchev–Trinajstić information content (AvgIpc) is 2.14.